The molecule has 9 heteroatoms. The molecule has 1 N–H and O–H groups in total. The number of benzene rings is 2. The van der Waals surface area contributed by atoms with E-state index in [1.165, 1.54) is 0 Å². The predicted octanol–water partition coefficient (Wildman–Crippen LogP) is 3.58. The summed E-state index contributed by atoms with van der Waals surface area (Å²) in [4.78, 5) is 28.9. The molecule has 36 heavy (non-hydrogen) atoms. The van der Waals surface area contributed by atoms with Gasteiger partial charge in [-0.3, -0.25) is 18.7 Å². The highest BCUT2D eigenvalue weighted by molar-refractivity contribution is 7.84. The molecule has 0 aliphatic carbocycles. The monoisotopic (exact) mass is 529 g/mol. The molecule has 1 aliphatic rings. The lowest BCUT2D eigenvalue weighted by atomic mass is 10.1. The van der Waals surface area contributed by atoms with Crippen LogP contribution in [0.1, 0.15) is 34.8 Å². The van der Waals surface area contributed by atoms with Gasteiger partial charge in [-0.05, 0) is 41.8 Å². The minimum atomic E-state index is -0.866. The van der Waals surface area contributed by atoms with Crippen molar-refractivity contribution in [2.45, 2.75) is 33.0 Å². The number of halogens is 1. The van der Waals surface area contributed by atoms with Crippen molar-refractivity contribution >= 4 is 39.2 Å². The lowest BCUT2D eigenvalue weighted by Crippen LogP contribution is -2.35. The fourth-order valence-corrected chi connectivity index (χ4v) is 5.19. The average molecular weight is 530 g/mol. The van der Waals surface area contributed by atoms with E-state index in [2.05, 4.69) is 10.2 Å². The summed E-state index contributed by atoms with van der Waals surface area (Å²) in [5.74, 6) is 0.784. The summed E-state index contributed by atoms with van der Waals surface area (Å²) in [5.41, 5.74) is 2.53. The molecule has 0 saturated carbocycles. The Morgan fingerprint density at radius 2 is 1.83 bits per heavy atom. The summed E-state index contributed by atoms with van der Waals surface area (Å²) in [5, 5.41) is 4.01. The lowest BCUT2D eigenvalue weighted by molar-refractivity contribution is 0.0342. The van der Waals surface area contributed by atoms with Gasteiger partial charge >= 0.3 is 0 Å². The van der Waals surface area contributed by atoms with Crippen molar-refractivity contribution < 1.29 is 13.7 Å². The second-order valence-electron chi connectivity index (χ2n) is 8.90. The maximum atomic E-state index is 13.5. The number of aryl methyl sites for hydroxylation is 1. The van der Waals surface area contributed by atoms with E-state index in [4.69, 9.17) is 16.3 Å². The molecule has 192 valence electrons. The first-order valence-corrected chi connectivity index (χ1v) is 14.1. The molecule has 1 unspecified atom stereocenters. The molecule has 1 aliphatic heterocycles. The van der Waals surface area contributed by atoms with Crippen LogP contribution in [0.15, 0.2) is 53.5 Å². The van der Waals surface area contributed by atoms with Crippen LogP contribution < -0.4 is 10.7 Å². The zero-order valence-corrected chi connectivity index (χ0v) is 22.1. The number of carbonyl (C=O) groups is 1. The van der Waals surface area contributed by atoms with Gasteiger partial charge < -0.3 is 14.6 Å². The molecule has 1 aromatic heterocycles. The largest absolute Gasteiger partial charge is 0.379 e. The summed E-state index contributed by atoms with van der Waals surface area (Å²) in [6.07, 6.45) is 2.33. The van der Waals surface area contributed by atoms with E-state index in [1.807, 2.05) is 41.8 Å². The number of fused-ring (bicyclic) bond motifs is 1. The van der Waals surface area contributed by atoms with Gasteiger partial charge in [-0.25, -0.2) is 0 Å². The van der Waals surface area contributed by atoms with Crippen molar-refractivity contribution in [1.82, 2.24) is 14.8 Å². The maximum absolute atomic E-state index is 13.5. The molecule has 0 bridgehead atoms. The quantitative estimate of drug-likeness (QED) is 0.434. The number of pyridine rings is 1. The van der Waals surface area contributed by atoms with Gasteiger partial charge in [0.25, 0.3) is 5.91 Å². The first-order valence-electron chi connectivity index (χ1n) is 12.3. The first kappa shape index (κ1) is 26.5. The maximum Gasteiger partial charge on any atom is 0.257 e. The highest BCUT2D eigenvalue weighted by Gasteiger charge is 2.17. The van der Waals surface area contributed by atoms with Crippen molar-refractivity contribution in [3.05, 3.63) is 80.6 Å². The third-order valence-electron chi connectivity index (χ3n) is 6.36. The van der Waals surface area contributed by atoms with E-state index in [9.17, 15) is 13.8 Å². The molecule has 2 heterocycles. The Hall–Kier alpha value is -2.52. The summed E-state index contributed by atoms with van der Waals surface area (Å²) in [6.45, 7) is 6.61. The van der Waals surface area contributed by atoms with Gasteiger partial charge in [-0.1, -0.05) is 36.7 Å². The third-order valence-corrected chi connectivity index (χ3v) is 8.00. The minimum absolute atomic E-state index is 0.108. The topological polar surface area (TPSA) is 80.6 Å². The SMILES string of the molecule is CCS(=O)CCCn1cc(C(=O)NCc2ccc(Cl)cc2)c(=O)c2cc(CN3CCOCC3)ccc21. The number of rotatable bonds is 10. The highest BCUT2D eigenvalue weighted by atomic mass is 35.5. The van der Waals surface area contributed by atoms with Crippen LogP contribution >= 0.6 is 11.6 Å². The molecular weight excluding hydrogens is 498 g/mol. The molecular formula is C27H32ClN3O4S. The number of ether oxygens (including phenoxy) is 1. The van der Waals surface area contributed by atoms with Crippen LogP contribution in [0.2, 0.25) is 5.02 Å². The Balaban J connectivity index is 1.62. The summed E-state index contributed by atoms with van der Waals surface area (Å²) >= 11 is 5.95. The zero-order chi connectivity index (χ0) is 25.5. The number of aromatic nitrogens is 1. The third kappa shape index (κ3) is 6.82. The first-order chi connectivity index (χ1) is 17.4. The van der Waals surface area contributed by atoms with Crippen molar-refractivity contribution in [3.8, 4) is 0 Å². The van der Waals surface area contributed by atoms with Gasteiger partial charge in [0.2, 0.25) is 5.43 Å². The Bertz CT molecular complexity index is 1290. The van der Waals surface area contributed by atoms with Gasteiger partial charge in [0.1, 0.15) is 5.56 Å². The number of hydrogen-bond donors (Lipinski definition) is 1. The summed E-state index contributed by atoms with van der Waals surface area (Å²) in [7, 11) is -0.866. The molecule has 0 spiro atoms. The Morgan fingerprint density at radius 3 is 2.56 bits per heavy atom. The van der Waals surface area contributed by atoms with E-state index < -0.39 is 16.7 Å². The second kappa shape index (κ2) is 12.6. The molecule has 1 amide bonds. The fourth-order valence-electron chi connectivity index (χ4n) is 4.33. The van der Waals surface area contributed by atoms with Gasteiger partial charge in [-0.15, -0.1) is 0 Å². The molecule has 1 atom stereocenters. The molecule has 2 aromatic carbocycles. The van der Waals surface area contributed by atoms with E-state index in [1.54, 1.807) is 18.3 Å². The molecule has 1 fully saturated rings. The molecule has 1 saturated heterocycles. The van der Waals surface area contributed by atoms with Crippen LogP contribution in [0.25, 0.3) is 10.9 Å². The van der Waals surface area contributed by atoms with Crippen molar-refractivity contribution in [2.75, 3.05) is 37.8 Å². The van der Waals surface area contributed by atoms with Crippen molar-refractivity contribution in [3.63, 3.8) is 0 Å². The number of nitrogens with zero attached hydrogens (tertiary/aromatic N) is 2. The van der Waals surface area contributed by atoms with Gasteiger partial charge in [-0.2, -0.15) is 0 Å². The smallest absolute Gasteiger partial charge is 0.257 e. The normalized spacial score (nSPS) is 15.2. The molecule has 0 radical (unpaired) electrons. The van der Waals surface area contributed by atoms with Gasteiger partial charge in [0.05, 0.1) is 18.7 Å². The lowest BCUT2D eigenvalue weighted by Gasteiger charge is -2.26. The zero-order valence-electron chi connectivity index (χ0n) is 20.5. The predicted molar refractivity (Wildman–Crippen MR) is 145 cm³/mol. The highest BCUT2D eigenvalue weighted by Crippen LogP contribution is 2.18. The fraction of sp³-hybridized carbons (Fsp3) is 0.407. The van der Waals surface area contributed by atoms with Crippen LogP contribution in [0.3, 0.4) is 0 Å². The van der Waals surface area contributed by atoms with E-state index in [0.29, 0.717) is 54.6 Å². The second-order valence-corrected chi connectivity index (χ2v) is 11.2. The number of amides is 1. The number of nitrogens with one attached hydrogen (secondary N) is 1. The minimum Gasteiger partial charge on any atom is -0.379 e. The molecule has 7 nitrogen and oxygen atoms in total. The number of hydrogen-bond acceptors (Lipinski definition) is 5. The van der Waals surface area contributed by atoms with Crippen molar-refractivity contribution in [1.29, 1.82) is 0 Å². The van der Waals surface area contributed by atoms with E-state index >= 15 is 0 Å². The molecule has 3 aromatic rings. The van der Waals surface area contributed by atoms with Crippen molar-refractivity contribution in [2.24, 2.45) is 0 Å². The summed E-state index contributed by atoms with van der Waals surface area (Å²) < 4.78 is 19.3. The van der Waals surface area contributed by atoms with Gasteiger partial charge in [0.15, 0.2) is 0 Å². The standard InChI is InChI=1S/C27H32ClN3O4S/c1-2-36(34)15-3-10-31-19-24(27(33)29-17-20-4-7-22(28)8-5-20)26(32)23-16-21(6-9-25(23)31)18-30-11-13-35-14-12-30/h4-9,16,19H,2-3,10-15,17-18H2,1H3,(H,29,33). The van der Waals surface area contributed by atoms with Crippen LogP contribution in [0.5, 0.6) is 0 Å². The Kier molecular flexibility index (Phi) is 9.31. The average Bonchev–Trinajstić information content (AvgIpc) is 2.90. The van der Waals surface area contributed by atoms with Crippen LogP contribution in [-0.2, 0) is 35.2 Å². The molecule has 4 rings (SSSR count). The van der Waals surface area contributed by atoms with Gasteiger partial charge in [0, 0.05) is 71.6 Å². The Morgan fingerprint density at radius 1 is 1.11 bits per heavy atom. The number of carbonyl (C=O) groups excluding carboxylic acids is 1. The van der Waals surface area contributed by atoms with Crippen LogP contribution in [-0.4, -0.2) is 57.4 Å². The van der Waals surface area contributed by atoms with E-state index in [-0.39, 0.29) is 11.0 Å². The van der Waals surface area contributed by atoms with E-state index in [0.717, 1.165) is 36.3 Å². The Labute approximate surface area is 218 Å². The van der Waals surface area contributed by atoms with Crippen LogP contribution in [0.4, 0.5) is 0 Å². The van der Waals surface area contributed by atoms with Crippen LogP contribution in [0, 0.1) is 0 Å². The summed E-state index contributed by atoms with van der Waals surface area (Å²) in [6, 6.07) is 13.1. The number of morpholine rings is 1.